The number of benzene rings is 1. The highest BCUT2D eigenvalue weighted by Gasteiger charge is 2.07. The number of carbonyl (C=O) groups is 1. The van der Waals surface area contributed by atoms with E-state index >= 15 is 0 Å². The minimum absolute atomic E-state index is 0.267. The molecule has 0 aliphatic carbocycles. The fourth-order valence-corrected chi connectivity index (χ4v) is 2.70. The van der Waals surface area contributed by atoms with Crippen LogP contribution in [0, 0.1) is 0 Å². The van der Waals surface area contributed by atoms with Gasteiger partial charge in [-0.15, -0.1) is 0 Å². The van der Waals surface area contributed by atoms with Gasteiger partial charge in [0.25, 0.3) is 0 Å². The summed E-state index contributed by atoms with van der Waals surface area (Å²) in [7, 11) is 0. The molecular weight excluding hydrogens is 300 g/mol. The lowest BCUT2D eigenvalue weighted by Crippen LogP contribution is -2.28. The molecule has 0 radical (unpaired) electrons. The largest absolute Gasteiger partial charge is 0.334 e. The number of aromatic nitrogens is 4. The Kier molecular flexibility index (Phi) is 4.29. The first-order chi connectivity index (χ1) is 10.8. The fourth-order valence-electron chi connectivity index (χ4n) is 2.14. The minimum Gasteiger partial charge on any atom is -0.334 e. The molecule has 2 heterocycles. The standard InChI is InChI=1S/C14H16N6OS/c1-2-6-20-9-11(8-16-20)17-14(21)15-7-10-4-3-5-12-13(10)19-22-18-12/h3-5,8-9H,2,6-7H2,1H3,(H2,15,17,21). The lowest BCUT2D eigenvalue weighted by molar-refractivity contribution is 0.252. The number of urea groups is 1. The van der Waals surface area contributed by atoms with Gasteiger partial charge in [-0.25, -0.2) is 4.79 Å². The average Bonchev–Trinajstić information content (AvgIpc) is 3.15. The molecule has 2 N–H and O–H groups in total. The minimum atomic E-state index is -0.267. The first-order valence-electron chi connectivity index (χ1n) is 7.03. The van der Waals surface area contributed by atoms with E-state index in [2.05, 4.69) is 31.4 Å². The molecule has 3 rings (SSSR count). The van der Waals surface area contributed by atoms with Gasteiger partial charge in [0, 0.05) is 24.8 Å². The van der Waals surface area contributed by atoms with Crippen molar-refractivity contribution < 1.29 is 4.79 Å². The van der Waals surface area contributed by atoms with Gasteiger partial charge in [0.05, 0.1) is 23.6 Å². The SMILES string of the molecule is CCCn1cc(NC(=O)NCc2cccc3nsnc23)cn1. The second-order valence-corrected chi connectivity index (χ2v) is 5.38. The number of rotatable bonds is 5. The Morgan fingerprint density at radius 3 is 3.14 bits per heavy atom. The Labute approximate surface area is 131 Å². The third-order valence-corrected chi connectivity index (χ3v) is 3.70. The van der Waals surface area contributed by atoms with Crippen molar-refractivity contribution in [2.75, 3.05) is 5.32 Å². The van der Waals surface area contributed by atoms with E-state index in [0.29, 0.717) is 12.2 Å². The van der Waals surface area contributed by atoms with Gasteiger partial charge in [0.15, 0.2) is 0 Å². The third-order valence-electron chi connectivity index (χ3n) is 3.15. The zero-order chi connectivity index (χ0) is 15.4. The Morgan fingerprint density at radius 2 is 2.27 bits per heavy atom. The molecule has 1 aromatic carbocycles. The van der Waals surface area contributed by atoms with E-state index in [4.69, 9.17) is 0 Å². The van der Waals surface area contributed by atoms with Crippen LogP contribution in [0.15, 0.2) is 30.6 Å². The number of carbonyl (C=O) groups excluding carboxylic acids is 1. The Hall–Kier alpha value is -2.48. The summed E-state index contributed by atoms with van der Waals surface area (Å²) in [5, 5.41) is 9.75. The molecule has 8 heteroatoms. The van der Waals surface area contributed by atoms with Crippen LogP contribution in [0.2, 0.25) is 0 Å². The summed E-state index contributed by atoms with van der Waals surface area (Å²) >= 11 is 1.17. The molecule has 2 amide bonds. The zero-order valence-electron chi connectivity index (χ0n) is 12.1. The number of nitrogens with one attached hydrogen (secondary N) is 2. The maximum atomic E-state index is 11.9. The molecule has 22 heavy (non-hydrogen) atoms. The summed E-state index contributed by atoms with van der Waals surface area (Å²) < 4.78 is 10.2. The summed E-state index contributed by atoms with van der Waals surface area (Å²) in [5.41, 5.74) is 3.32. The van der Waals surface area contributed by atoms with Gasteiger partial charge < -0.3 is 10.6 Å². The van der Waals surface area contributed by atoms with Crippen LogP contribution in [0.4, 0.5) is 10.5 Å². The Balaban J connectivity index is 1.59. The van der Waals surface area contributed by atoms with Crippen molar-refractivity contribution in [1.82, 2.24) is 23.8 Å². The summed E-state index contributed by atoms with van der Waals surface area (Å²) in [5.74, 6) is 0. The molecule has 0 bridgehead atoms. The van der Waals surface area contributed by atoms with Crippen molar-refractivity contribution in [3.05, 3.63) is 36.2 Å². The number of aryl methyl sites for hydroxylation is 1. The molecule has 7 nitrogen and oxygen atoms in total. The Bertz CT molecular complexity index is 780. The molecule has 0 saturated heterocycles. The Morgan fingerprint density at radius 1 is 1.36 bits per heavy atom. The fraction of sp³-hybridized carbons (Fsp3) is 0.286. The van der Waals surface area contributed by atoms with E-state index in [0.717, 1.165) is 29.6 Å². The summed E-state index contributed by atoms with van der Waals surface area (Å²) in [4.78, 5) is 11.9. The molecule has 0 unspecified atom stereocenters. The van der Waals surface area contributed by atoms with Crippen molar-refractivity contribution in [3.8, 4) is 0 Å². The van der Waals surface area contributed by atoms with E-state index in [1.54, 1.807) is 10.9 Å². The normalized spacial score (nSPS) is 10.8. The number of hydrogen-bond acceptors (Lipinski definition) is 5. The average molecular weight is 316 g/mol. The van der Waals surface area contributed by atoms with Crippen molar-refractivity contribution in [2.45, 2.75) is 26.4 Å². The molecule has 114 valence electrons. The van der Waals surface area contributed by atoms with Gasteiger partial charge in [0.1, 0.15) is 11.0 Å². The quantitative estimate of drug-likeness (QED) is 0.758. The first kappa shape index (κ1) is 14.5. The van der Waals surface area contributed by atoms with Crippen LogP contribution in [0.25, 0.3) is 11.0 Å². The van der Waals surface area contributed by atoms with E-state index < -0.39 is 0 Å². The third kappa shape index (κ3) is 3.22. The molecular formula is C14H16N6OS. The summed E-state index contributed by atoms with van der Waals surface area (Å²) in [6, 6.07) is 5.48. The highest BCUT2D eigenvalue weighted by atomic mass is 32.1. The second-order valence-electron chi connectivity index (χ2n) is 4.85. The van der Waals surface area contributed by atoms with Crippen molar-refractivity contribution in [1.29, 1.82) is 0 Å². The summed E-state index contributed by atoms with van der Waals surface area (Å²) in [6.45, 7) is 3.31. The number of anilines is 1. The van der Waals surface area contributed by atoms with Crippen LogP contribution in [0.5, 0.6) is 0 Å². The number of nitrogens with zero attached hydrogens (tertiary/aromatic N) is 4. The van der Waals surface area contributed by atoms with E-state index in [9.17, 15) is 4.79 Å². The number of amides is 2. The molecule has 3 aromatic rings. The predicted molar refractivity (Wildman–Crippen MR) is 85.8 cm³/mol. The second kappa shape index (κ2) is 6.52. The van der Waals surface area contributed by atoms with Crippen LogP contribution >= 0.6 is 11.7 Å². The molecule has 0 saturated carbocycles. The predicted octanol–water partition coefficient (Wildman–Crippen LogP) is 2.62. The number of fused-ring (bicyclic) bond motifs is 1. The monoisotopic (exact) mass is 316 g/mol. The lowest BCUT2D eigenvalue weighted by atomic mass is 10.2. The molecule has 0 aliphatic heterocycles. The lowest BCUT2D eigenvalue weighted by Gasteiger charge is -2.06. The first-order valence-corrected chi connectivity index (χ1v) is 7.76. The van der Waals surface area contributed by atoms with Crippen LogP contribution in [0.3, 0.4) is 0 Å². The van der Waals surface area contributed by atoms with Gasteiger partial charge in [0.2, 0.25) is 0 Å². The molecule has 0 fully saturated rings. The molecule has 2 aromatic heterocycles. The van der Waals surface area contributed by atoms with Crippen LogP contribution in [-0.2, 0) is 13.1 Å². The summed E-state index contributed by atoms with van der Waals surface area (Å²) in [6.07, 6.45) is 4.45. The highest BCUT2D eigenvalue weighted by Crippen LogP contribution is 2.16. The topological polar surface area (TPSA) is 84.7 Å². The number of hydrogen-bond donors (Lipinski definition) is 2. The van der Waals surface area contributed by atoms with E-state index in [1.807, 2.05) is 24.4 Å². The maximum Gasteiger partial charge on any atom is 0.319 e. The van der Waals surface area contributed by atoms with Gasteiger partial charge in [-0.3, -0.25) is 4.68 Å². The molecule has 0 spiro atoms. The van der Waals surface area contributed by atoms with Gasteiger partial charge in [-0.1, -0.05) is 19.1 Å². The van der Waals surface area contributed by atoms with Crippen molar-refractivity contribution in [2.24, 2.45) is 0 Å². The van der Waals surface area contributed by atoms with Crippen LogP contribution < -0.4 is 10.6 Å². The zero-order valence-corrected chi connectivity index (χ0v) is 12.9. The maximum absolute atomic E-state index is 11.9. The van der Waals surface area contributed by atoms with Crippen LogP contribution in [-0.4, -0.2) is 24.6 Å². The van der Waals surface area contributed by atoms with Gasteiger partial charge in [-0.2, -0.15) is 13.8 Å². The highest BCUT2D eigenvalue weighted by molar-refractivity contribution is 7.00. The molecule has 0 aliphatic rings. The van der Waals surface area contributed by atoms with Gasteiger partial charge in [-0.05, 0) is 12.5 Å². The molecule has 0 atom stereocenters. The van der Waals surface area contributed by atoms with Crippen molar-refractivity contribution >= 4 is 34.5 Å². The van der Waals surface area contributed by atoms with Crippen LogP contribution in [0.1, 0.15) is 18.9 Å². The smallest absolute Gasteiger partial charge is 0.319 e. The van der Waals surface area contributed by atoms with E-state index in [1.165, 1.54) is 11.7 Å². The van der Waals surface area contributed by atoms with Crippen molar-refractivity contribution in [3.63, 3.8) is 0 Å². The van der Waals surface area contributed by atoms with Gasteiger partial charge >= 0.3 is 6.03 Å². The van der Waals surface area contributed by atoms with E-state index in [-0.39, 0.29) is 6.03 Å².